The molecule has 0 amide bonds. The fraction of sp³-hybridized carbons (Fsp3) is 0.438. The van der Waals surface area contributed by atoms with E-state index in [-0.39, 0.29) is 0 Å². The first-order chi connectivity index (χ1) is 10.3. The zero-order chi connectivity index (χ0) is 14.7. The summed E-state index contributed by atoms with van der Waals surface area (Å²) in [5.74, 6) is 4.87. The summed E-state index contributed by atoms with van der Waals surface area (Å²) in [4.78, 5) is 4.49. The molecule has 0 fully saturated rings. The Balaban J connectivity index is 1.82. The summed E-state index contributed by atoms with van der Waals surface area (Å²) in [6, 6.07) is 6.43. The average Bonchev–Trinajstić information content (AvgIpc) is 2.93. The molecular weight excluding hydrogens is 284 g/mol. The molecule has 5 heteroatoms. The number of hydrogen-bond acceptors (Lipinski definition) is 5. The molecule has 21 heavy (non-hydrogen) atoms. The zero-order valence-electron chi connectivity index (χ0n) is 12.4. The highest BCUT2D eigenvalue weighted by molar-refractivity contribution is 7.99. The van der Waals surface area contributed by atoms with E-state index in [1.807, 2.05) is 36.2 Å². The number of nitrogens with zero attached hydrogens (tertiary/aromatic N) is 1. The molecular formula is C16H20N2O2S. The molecule has 2 heterocycles. The van der Waals surface area contributed by atoms with Crippen LogP contribution in [0.25, 0.3) is 10.8 Å². The summed E-state index contributed by atoms with van der Waals surface area (Å²) in [5.41, 5.74) is 0. The number of hydrogen-bond donors (Lipinski definition) is 1. The predicted octanol–water partition coefficient (Wildman–Crippen LogP) is 3.91. The highest BCUT2D eigenvalue weighted by atomic mass is 32.2. The van der Waals surface area contributed by atoms with Crippen LogP contribution in [0.3, 0.4) is 0 Å². The van der Waals surface area contributed by atoms with Gasteiger partial charge in [-0.15, -0.1) is 0 Å². The third-order valence-electron chi connectivity index (χ3n) is 3.54. The fourth-order valence-electron chi connectivity index (χ4n) is 2.39. The van der Waals surface area contributed by atoms with E-state index in [0.29, 0.717) is 12.8 Å². The van der Waals surface area contributed by atoms with E-state index in [4.69, 9.17) is 9.47 Å². The van der Waals surface area contributed by atoms with Gasteiger partial charge in [0.2, 0.25) is 6.79 Å². The molecule has 0 saturated carbocycles. The molecule has 1 aromatic heterocycles. The molecule has 4 nitrogen and oxygen atoms in total. The predicted molar refractivity (Wildman–Crippen MR) is 88.6 cm³/mol. The van der Waals surface area contributed by atoms with E-state index in [0.717, 1.165) is 34.5 Å². The van der Waals surface area contributed by atoms with Crippen molar-refractivity contribution in [3.63, 3.8) is 0 Å². The summed E-state index contributed by atoms with van der Waals surface area (Å²) in [5, 5.41) is 5.71. The second-order valence-electron chi connectivity index (χ2n) is 5.12. The summed E-state index contributed by atoms with van der Waals surface area (Å²) in [7, 11) is 0. The first-order valence-corrected chi connectivity index (χ1v) is 8.46. The van der Waals surface area contributed by atoms with Gasteiger partial charge >= 0.3 is 0 Å². The van der Waals surface area contributed by atoms with Crippen molar-refractivity contribution in [1.82, 2.24) is 4.98 Å². The number of nitrogens with one attached hydrogen (secondary N) is 1. The van der Waals surface area contributed by atoms with Crippen LogP contribution in [0.4, 0.5) is 5.82 Å². The maximum Gasteiger partial charge on any atom is 0.231 e. The van der Waals surface area contributed by atoms with Crippen LogP contribution in [0.2, 0.25) is 0 Å². The minimum atomic E-state index is 0.298. The quantitative estimate of drug-likeness (QED) is 0.820. The Morgan fingerprint density at radius 2 is 2.14 bits per heavy atom. The van der Waals surface area contributed by atoms with Crippen LogP contribution >= 0.6 is 11.8 Å². The van der Waals surface area contributed by atoms with Gasteiger partial charge in [0.15, 0.2) is 11.5 Å². The summed E-state index contributed by atoms with van der Waals surface area (Å²) in [6.45, 7) is 4.69. The van der Waals surface area contributed by atoms with Gasteiger partial charge in [-0.05, 0) is 48.4 Å². The lowest BCUT2D eigenvalue weighted by atomic mass is 10.1. The van der Waals surface area contributed by atoms with Gasteiger partial charge in [0.25, 0.3) is 0 Å². The molecule has 1 unspecified atom stereocenters. The van der Waals surface area contributed by atoms with Crippen molar-refractivity contribution < 1.29 is 9.47 Å². The molecule has 0 bridgehead atoms. The molecule has 1 aromatic carbocycles. The highest BCUT2D eigenvalue weighted by Gasteiger charge is 2.16. The van der Waals surface area contributed by atoms with Gasteiger partial charge in [-0.3, -0.25) is 0 Å². The van der Waals surface area contributed by atoms with Crippen molar-refractivity contribution in [3.05, 3.63) is 24.4 Å². The van der Waals surface area contributed by atoms with E-state index in [2.05, 4.69) is 24.1 Å². The molecule has 1 aliphatic rings. The first kappa shape index (κ1) is 14.3. The monoisotopic (exact) mass is 304 g/mol. The Kier molecular flexibility index (Phi) is 4.39. The van der Waals surface area contributed by atoms with Crippen molar-refractivity contribution in [2.24, 2.45) is 0 Å². The van der Waals surface area contributed by atoms with E-state index in [1.165, 1.54) is 11.5 Å². The molecule has 0 saturated heterocycles. The van der Waals surface area contributed by atoms with Crippen molar-refractivity contribution in [1.29, 1.82) is 0 Å². The Labute approximate surface area is 129 Å². The number of thioether (sulfide) groups is 1. The Bertz CT molecular complexity index is 633. The zero-order valence-corrected chi connectivity index (χ0v) is 13.2. The molecule has 1 N–H and O–H groups in total. The van der Waals surface area contributed by atoms with Crippen LogP contribution in [0.5, 0.6) is 11.5 Å². The number of benzene rings is 1. The van der Waals surface area contributed by atoms with Crippen LogP contribution in [0, 0.1) is 0 Å². The smallest absolute Gasteiger partial charge is 0.231 e. The maximum atomic E-state index is 5.46. The number of rotatable bonds is 6. The van der Waals surface area contributed by atoms with Gasteiger partial charge in [-0.2, -0.15) is 11.8 Å². The second-order valence-corrected chi connectivity index (χ2v) is 6.51. The van der Waals surface area contributed by atoms with Crippen LogP contribution in [-0.4, -0.2) is 29.3 Å². The molecule has 1 atom stereocenters. The second kappa shape index (κ2) is 6.43. The maximum absolute atomic E-state index is 5.46. The normalized spacial score (nSPS) is 14.4. The Morgan fingerprint density at radius 3 is 2.95 bits per heavy atom. The number of pyridine rings is 1. The molecule has 0 spiro atoms. The molecule has 0 aliphatic carbocycles. The SMILES string of the molecule is CCSCCC(C)Nc1nccc2cc3c(cc12)OCO3. The molecule has 0 radical (unpaired) electrons. The van der Waals surface area contributed by atoms with Gasteiger partial charge in [-0.1, -0.05) is 6.92 Å². The highest BCUT2D eigenvalue weighted by Crippen LogP contribution is 2.37. The Hall–Kier alpha value is -1.62. The van der Waals surface area contributed by atoms with E-state index >= 15 is 0 Å². The average molecular weight is 304 g/mol. The Morgan fingerprint density at radius 1 is 1.33 bits per heavy atom. The largest absolute Gasteiger partial charge is 0.454 e. The van der Waals surface area contributed by atoms with E-state index < -0.39 is 0 Å². The summed E-state index contributed by atoms with van der Waals surface area (Å²) in [6.07, 6.45) is 2.96. The van der Waals surface area contributed by atoms with Crippen molar-refractivity contribution in [3.8, 4) is 11.5 Å². The van der Waals surface area contributed by atoms with Crippen LogP contribution in [0.15, 0.2) is 24.4 Å². The molecule has 2 aromatic rings. The van der Waals surface area contributed by atoms with Crippen LogP contribution < -0.4 is 14.8 Å². The minimum Gasteiger partial charge on any atom is -0.454 e. The van der Waals surface area contributed by atoms with Gasteiger partial charge in [0.1, 0.15) is 5.82 Å². The van der Waals surface area contributed by atoms with Crippen molar-refractivity contribution >= 4 is 28.4 Å². The number of anilines is 1. The number of aromatic nitrogens is 1. The van der Waals surface area contributed by atoms with Gasteiger partial charge in [-0.25, -0.2) is 4.98 Å². The van der Waals surface area contributed by atoms with Crippen LogP contribution in [-0.2, 0) is 0 Å². The van der Waals surface area contributed by atoms with Crippen molar-refractivity contribution in [2.75, 3.05) is 23.6 Å². The lowest BCUT2D eigenvalue weighted by molar-refractivity contribution is 0.174. The lowest BCUT2D eigenvalue weighted by Crippen LogP contribution is -2.17. The molecule has 3 rings (SSSR count). The number of ether oxygens (including phenoxy) is 2. The first-order valence-electron chi connectivity index (χ1n) is 7.30. The van der Waals surface area contributed by atoms with Crippen molar-refractivity contribution in [2.45, 2.75) is 26.3 Å². The van der Waals surface area contributed by atoms with Gasteiger partial charge in [0, 0.05) is 17.6 Å². The summed E-state index contributed by atoms with van der Waals surface area (Å²) < 4.78 is 10.9. The standard InChI is InChI=1S/C16H20N2O2S/c1-3-21-7-5-11(2)18-16-13-9-15-14(19-10-20-15)8-12(13)4-6-17-16/h4,6,8-9,11H,3,5,7,10H2,1-2H3,(H,17,18). The molecule has 112 valence electrons. The van der Waals surface area contributed by atoms with Gasteiger partial charge < -0.3 is 14.8 Å². The van der Waals surface area contributed by atoms with Gasteiger partial charge in [0.05, 0.1) is 0 Å². The number of fused-ring (bicyclic) bond motifs is 2. The third-order valence-corrected chi connectivity index (χ3v) is 4.47. The summed E-state index contributed by atoms with van der Waals surface area (Å²) >= 11 is 1.97. The fourth-order valence-corrected chi connectivity index (χ4v) is 3.20. The topological polar surface area (TPSA) is 43.4 Å². The molecule has 1 aliphatic heterocycles. The van der Waals surface area contributed by atoms with Crippen LogP contribution in [0.1, 0.15) is 20.3 Å². The van der Waals surface area contributed by atoms with E-state index in [9.17, 15) is 0 Å². The lowest BCUT2D eigenvalue weighted by Gasteiger charge is -2.16. The minimum absolute atomic E-state index is 0.298. The van der Waals surface area contributed by atoms with E-state index in [1.54, 1.807) is 0 Å². The third kappa shape index (κ3) is 3.18.